The summed E-state index contributed by atoms with van der Waals surface area (Å²) in [5.74, 6) is -0.169. The third-order valence-corrected chi connectivity index (χ3v) is 4.93. The Morgan fingerprint density at radius 2 is 1.71 bits per heavy atom. The van der Waals surface area contributed by atoms with Gasteiger partial charge in [0.15, 0.2) is 5.82 Å². The lowest BCUT2D eigenvalue weighted by Crippen LogP contribution is -2.48. The molecule has 2 N–H and O–H groups in total. The van der Waals surface area contributed by atoms with Crippen LogP contribution >= 0.6 is 0 Å². The first-order valence-corrected chi connectivity index (χ1v) is 9.80. The number of imide groups is 1. The molecule has 4 rings (SSSR count). The van der Waals surface area contributed by atoms with Crippen LogP contribution in [0.4, 0.5) is 5.82 Å². The highest BCUT2D eigenvalue weighted by Crippen LogP contribution is 2.24. The van der Waals surface area contributed by atoms with E-state index in [2.05, 4.69) is 25.9 Å². The summed E-state index contributed by atoms with van der Waals surface area (Å²) in [7, 11) is 0. The number of hydrogen-bond acceptors (Lipinski definition) is 7. The van der Waals surface area contributed by atoms with Crippen molar-refractivity contribution in [3.8, 4) is 5.82 Å². The molecule has 0 bridgehead atoms. The van der Waals surface area contributed by atoms with Crippen LogP contribution in [0.15, 0.2) is 48.7 Å². The summed E-state index contributed by atoms with van der Waals surface area (Å²) >= 11 is 0. The van der Waals surface area contributed by atoms with Crippen molar-refractivity contribution in [1.29, 1.82) is 0 Å². The lowest BCUT2D eigenvalue weighted by molar-refractivity contribution is -0.124. The van der Waals surface area contributed by atoms with Crippen LogP contribution in [-0.4, -0.2) is 61.7 Å². The highest BCUT2D eigenvalue weighted by atomic mass is 16.2. The zero-order chi connectivity index (χ0) is 22.0. The van der Waals surface area contributed by atoms with Crippen LogP contribution in [0.25, 0.3) is 5.82 Å². The van der Waals surface area contributed by atoms with E-state index in [4.69, 9.17) is 0 Å². The number of fused-ring (bicyclic) bond motifs is 1. The molecule has 3 aromatic rings. The Balaban J connectivity index is 1.27. The number of anilines is 1. The molecule has 1 unspecified atom stereocenters. The summed E-state index contributed by atoms with van der Waals surface area (Å²) in [6.07, 6.45) is 1.80. The van der Waals surface area contributed by atoms with E-state index >= 15 is 0 Å². The van der Waals surface area contributed by atoms with Crippen molar-refractivity contribution >= 4 is 23.5 Å². The molecule has 0 aliphatic carbocycles. The standard InChI is InChI=1S/C21H21N7O3/c1-13-9-12-27(26-13)18-8-7-17(24-25-18)22-10-11-23-19(29)14(2)28-20(30)15-5-3-4-6-16(15)21(28)31/h3-9,12,14H,10-11H2,1-2H3,(H,22,24)(H,23,29). The molecule has 1 aliphatic heterocycles. The minimum absolute atomic E-state index is 0.286. The van der Waals surface area contributed by atoms with Crippen molar-refractivity contribution in [3.63, 3.8) is 0 Å². The van der Waals surface area contributed by atoms with Crippen LogP contribution in [0.1, 0.15) is 33.3 Å². The topological polar surface area (TPSA) is 122 Å². The minimum atomic E-state index is -0.913. The number of carbonyl (C=O) groups excluding carboxylic acids is 3. The summed E-state index contributed by atoms with van der Waals surface area (Å²) in [4.78, 5) is 38.4. The van der Waals surface area contributed by atoms with Gasteiger partial charge >= 0.3 is 0 Å². The van der Waals surface area contributed by atoms with Gasteiger partial charge in [0.2, 0.25) is 5.91 Å². The van der Waals surface area contributed by atoms with Crippen LogP contribution in [0, 0.1) is 6.92 Å². The second kappa shape index (κ2) is 8.34. The minimum Gasteiger partial charge on any atom is -0.367 e. The maximum atomic E-state index is 12.5. The molecule has 0 saturated carbocycles. The van der Waals surface area contributed by atoms with Gasteiger partial charge in [-0.25, -0.2) is 4.68 Å². The summed E-state index contributed by atoms with van der Waals surface area (Å²) in [6, 6.07) is 11.1. The maximum absolute atomic E-state index is 12.5. The largest absolute Gasteiger partial charge is 0.367 e. The van der Waals surface area contributed by atoms with Crippen molar-refractivity contribution in [2.75, 3.05) is 18.4 Å². The fourth-order valence-electron chi connectivity index (χ4n) is 3.29. The number of amides is 3. The molecule has 3 amide bonds. The monoisotopic (exact) mass is 419 g/mol. The molecule has 0 saturated heterocycles. The number of hydrogen-bond donors (Lipinski definition) is 2. The van der Waals surface area contributed by atoms with Crippen molar-refractivity contribution in [1.82, 2.24) is 30.2 Å². The molecule has 1 atom stereocenters. The smallest absolute Gasteiger partial charge is 0.262 e. The first kappa shape index (κ1) is 20.2. The van der Waals surface area contributed by atoms with Gasteiger partial charge in [0.05, 0.1) is 16.8 Å². The Kier molecular flexibility index (Phi) is 5.44. The zero-order valence-corrected chi connectivity index (χ0v) is 17.1. The molecular weight excluding hydrogens is 398 g/mol. The van der Waals surface area contributed by atoms with Gasteiger partial charge < -0.3 is 10.6 Å². The molecule has 31 heavy (non-hydrogen) atoms. The molecular formula is C21H21N7O3. The molecule has 158 valence electrons. The number of rotatable bonds is 7. The van der Waals surface area contributed by atoms with Crippen molar-refractivity contribution in [2.24, 2.45) is 0 Å². The number of carbonyl (C=O) groups is 3. The second-order valence-corrected chi connectivity index (χ2v) is 7.10. The zero-order valence-electron chi connectivity index (χ0n) is 17.1. The average molecular weight is 419 g/mol. The Labute approximate surface area is 178 Å². The highest BCUT2D eigenvalue weighted by molar-refractivity contribution is 6.22. The molecule has 3 heterocycles. The fraction of sp³-hybridized carbons (Fsp3) is 0.238. The summed E-state index contributed by atoms with van der Waals surface area (Å²) in [5.41, 5.74) is 1.53. The lowest BCUT2D eigenvalue weighted by atomic mass is 10.1. The molecule has 10 heteroatoms. The third-order valence-electron chi connectivity index (χ3n) is 4.93. The van der Waals surface area contributed by atoms with Crippen molar-refractivity contribution < 1.29 is 14.4 Å². The Morgan fingerprint density at radius 1 is 1.00 bits per heavy atom. The maximum Gasteiger partial charge on any atom is 0.262 e. The van der Waals surface area contributed by atoms with Gasteiger partial charge in [-0.1, -0.05) is 12.1 Å². The van der Waals surface area contributed by atoms with Crippen LogP contribution in [0.2, 0.25) is 0 Å². The van der Waals surface area contributed by atoms with E-state index in [-0.39, 0.29) is 6.54 Å². The first-order chi connectivity index (χ1) is 15.0. The average Bonchev–Trinajstić information content (AvgIpc) is 3.32. The second-order valence-electron chi connectivity index (χ2n) is 7.10. The number of aromatic nitrogens is 4. The Bertz CT molecular complexity index is 1100. The number of benzene rings is 1. The number of nitrogens with zero attached hydrogens (tertiary/aromatic N) is 5. The summed E-state index contributed by atoms with van der Waals surface area (Å²) in [6.45, 7) is 4.11. The van der Waals surface area contributed by atoms with Crippen LogP contribution < -0.4 is 10.6 Å². The predicted octanol–water partition coefficient (Wildman–Crippen LogP) is 1.18. The third kappa shape index (κ3) is 4.00. The van der Waals surface area contributed by atoms with Crippen LogP contribution in [0.5, 0.6) is 0 Å². The fourth-order valence-corrected chi connectivity index (χ4v) is 3.29. The van der Waals surface area contributed by atoms with Gasteiger partial charge in [-0.2, -0.15) is 5.10 Å². The Morgan fingerprint density at radius 3 is 2.29 bits per heavy atom. The van der Waals surface area contributed by atoms with E-state index in [1.165, 1.54) is 6.92 Å². The summed E-state index contributed by atoms with van der Waals surface area (Å²) < 4.78 is 1.63. The van der Waals surface area contributed by atoms with Gasteiger partial charge in [-0.05, 0) is 44.2 Å². The van der Waals surface area contributed by atoms with Gasteiger partial charge in [-0.3, -0.25) is 19.3 Å². The quantitative estimate of drug-likeness (QED) is 0.436. The van der Waals surface area contributed by atoms with Gasteiger partial charge in [0.1, 0.15) is 11.9 Å². The van der Waals surface area contributed by atoms with E-state index in [9.17, 15) is 14.4 Å². The molecule has 1 aromatic carbocycles. The van der Waals surface area contributed by atoms with E-state index in [1.54, 1.807) is 47.3 Å². The molecule has 0 fully saturated rings. The predicted molar refractivity (Wildman–Crippen MR) is 112 cm³/mol. The van der Waals surface area contributed by atoms with E-state index < -0.39 is 23.8 Å². The van der Waals surface area contributed by atoms with E-state index in [1.807, 2.05) is 13.0 Å². The van der Waals surface area contributed by atoms with Crippen molar-refractivity contribution in [2.45, 2.75) is 19.9 Å². The molecule has 2 aromatic heterocycles. The highest BCUT2D eigenvalue weighted by Gasteiger charge is 2.40. The van der Waals surface area contributed by atoms with Crippen LogP contribution in [-0.2, 0) is 4.79 Å². The van der Waals surface area contributed by atoms with Crippen molar-refractivity contribution in [3.05, 3.63) is 65.5 Å². The number of aryl methyl sites for hydroxylation is 1. The van der Waals surface area contributed by atoms with Crippen LogP contribution in [0.3, 0.4) is 0 Å². The normalized spacial score (nSPS) is 13.8. The molecule has 0 radical (unpaired) electrons. The van der Waals surface area contributed by atoms with E-state index in [0.717, 1.165) is 10.6 Å². The lowest BCUT2D eigenvalue weighted by Gasteiger charge is -2.21. The SMILES string of the molecule is Cc1ccn(-c2ccc(NCCNC(=O)C(C)N3C(=O)c4ccccc4C3=O)nn2)n1. The van der Waals surface area contributed by atoms with Gasteiger partial charge in [0.25, 0.3) is 11.8 Å². The van der Waals surface area contributed by atoms with Gasteiger partial charge in [-0.15, -0.1) is 10.2 Å². The van der Waals surface area contributed by atoms with E-state index in [0.29, 0.717) is 29.3 Å². The number of nitrogens with one attached hydrogen (secondary N) is 2. The Hall–Kier alpha value is -4.08. The van der Waals surface area contributed by atoms with Gasteiger partial charge in [0, 0.05) is 19.3 Å². The molecule has 10 nitrogen and oxygen atoms in total. The first-order valence-electron chi connectivity index (χ1n) is 9.80. The molecule has 1 aliphatic rings. The molecule has 0 spiro atoms. The summed E-state index contributed by atoms with van der Waals surface area (Å²) in [5, 5.41) is 18.3.